The molecule has 1 saturated heterocycles. The number of rotatable bonds is 5. The molecule has 2 aromatic rings. The van der Waals surface area contributed by atoms with Crippen molar-refractivity contribution in [1.29, 1.82) is 0 Å². The normalized spacial score (nSPS) is 15.1. The van der Waals surface area contributed by atoms with Gasteiger partial charge in [0.25, 0.3) is 5.56 Å². The minimum absolute atomic E-state index is 0.102. The minimum atomic E-state index is -0.488. The highest BCUT2D eigenvalue weighted by molar-refractivity contribution is 9.10. The molecule has 0 radical (unpaired) electrons. The van der Waals surface area contributed by atoms with Gasteiger partial charge in [-0.15, -0.1) is 0 Å². The number of aromatic nitrogens is 1. The molecule has 1 fully saturated rings. The second-order valence-corrected chi connectivity index (χ2v) is 9.43. The lowest BCUT2D eigenvalue weighted by atomic mass is 9.97. The molecule has 0 bridgehead atoms. The first-order chi connectivity index (χ1) is 14.2. The van der Waals surface area contributed by atoms with Gasteiger partial charge in [-0.25, -0.2) is 4.79 Å². The van der Waals surface area contributed by atoms with Crippen molar-refractivity contribution < 1.29 is 14.3 Å². The molecule has 30 heavy (non-hydrogen) atoms. The number of amides is 1. The Labute approximate surface area is 185 Å². The molecule has 0 spiro atoms. The van der Waals surface area contributed by atoms with Crippen LogP contribution in [0.3, 0.4) is 0 Å². The van der Waals surface area contributed by atoms with Crippen molar-refractivity contribution in [2.45, 2.75) is 52.4 Å². The smallest absolute Gasteiger partial charge is 0.410 e. The number of ether oxygens (including phenoxy) is 2. The van der Waals surface area contributed by atoms with E-state index in [-0.39, 0.29) is 11.7 Å². The summed E-state index contributed by atoms with van der Waals surface area (Å²) in [6, 6.07) is 11.7. The Morgan fingerprint density at radius 3 is 2.43 bits per heavy atom. The summed E-state index contributed by atoms with van der Waals surface area (Å²) in [6.45, 7) is 7.94. The van der Waals surface area contributed by atoms with Gasteiger partial charge < -0.3 is 18.9 Å². The van der Waals surface area contributed by atoms with Crippen molar-refractivity contribution in [3.63, 3.8) is 0 Å². The summed E-state index contributed by atoms with van der Waals surface area (Å²) in [5, 5.41) is 0. The largest absolute Gasteiger partial charge is 0.487 e. The number of pyridine rings is 1. The van der Waals surface area contributed by atoms with E-state index in [0.717, 1.165) is 18.4 Å². The van der Waals surface area contributed by atoms with Gasteiger partial charge in [0.2, 0.25) is 0 Å². The molecular weight excluding hydrogens is 448 g/mol. The van der Waals surface area contributed by atoms with E-state index in [4.69, 9.17) is 9.47 Å². The second kappa shape index (κ2) is 9.69. The molecule has 1 aliphatic rings. The van der Waals surface area contributed by atoms with Crippen molar-refractivity contribution in [2.75, 3.05) is 13.1 Å². The minimum Gasteiger partial charge on any atom is -0.487 e. The fraction of sp³-hybridized carbons (Fsp3) is 0.478. The van der Waals surface area contributed by atoms with Gasteiger partial charge in [-0.05, 0) is 67.1 Å². The van der Waals surface area contributed by atoms with Gasteiger partial charge in [0.15, 0.2) is 0 Å². The summed E-state index contributed by atoms with van der Waals surface area (Å²) < 4.78 is 13.4. The second-order valence-electron chi connectivity index (χ2n) is 8.64. The summed E-state index contributed by atoms with van der Waals surface area (Å²) in [7, 11) is 0. The zero-order valence-corrected chi connectivity index (χ0v) is 19.4. The number of halogens is 1. The van der Waals surface area contributed by atoms with E-state index < -0.39 is 5.60 Å². The molecule has 0 aliphatic carbocycles. The van der Waals surface area contributed by atoms with Gasteiger partial charge in [-0.1, -0.05) is 30.3 Å². The lowest BCUT2D eigenvalue weighted by Crippen LogP contribution is -2.42. The Bertz CT molecular complexity index is 913. The van der Waals surface area contributed by atoms with E-state index in [1.807, 2.05) is 57.2 Å². The molecule has 1 aromatic carbocycles. The third kappa shape index (κ3) is 6.11. The lowest BCUT2D eigenvalue weighted by Gasteiger charge is -2.33. The predicted octanol–water partition coefficient (Wildman–Crippen LogP) is 4.84. The first-order valence-electron chi connectivity index (χ1n) is 10.3. The number of carbonyl (C=O) groups is 1. The van der Waals surface area contributed by atoms with Crippen LogP contribution in [0.4, 0.5) is 4.79 Å². The van der Waals surface area contributed by atoms with Gasteiger partial charge in [-0.3, -0.25) is 4.79 Å². The molecule has 3 rings (SSSR count). The van der Waals surface area contributed by atoms with Gasteiger partial charge >= 0.3 is 6.09 Å². The van der Waals surface area contributed by atoms with Crippen molar-refractivity contribution in [2.24, 2.45) is 5.92 Å². The Balaban J connectivity index is 1.55. The highest BCUT2D eigenvalue weighted by atomic mass is 79.9. The lowest BCUT2D eigenvalue weighted by molar-refractivity contribution is 0.0178. The zero-order valence-electron chi connectivity index (χ0n) is 17.8. The molecule has 0 unspecified atom stereocenters. The SMILES string of the molecule is CC(C)(C)OC(=O)N1CCC(Cn2ccc(OCc3ccccc3)c(Br)c2=O)CC1. The standard InChI is InChI=1S/C23H29BrN2O4/c1-23(2,3)30-22(28)25-12-9-17(10-13-25)15-26-14-11-19(20(24)21(26)27)29-16-18-7-5-4-6-8-18/h4-8,11,14,17H,9-10,12-13,15-16H2,1-3H3. The van der Waals surface area contributed by atoms with Crippen LogP contribution in [0.15, 0.2) is 51.9 Å². The molecule has 1 aliphatic heterocycles. The molecule has 0 atom stereocenters. The van der Waals surface area contributed by atoms with Crippen LogP contribution in [0.5, 0.6) is 5.75 Å². The summed E-state index contributed by atoms with van der Waals surface area (Å²) in [6.07, 6.45) is 3.21. The number of benzene rings is 1. The molecule has 162 valence electrons. The van der Waals surface area contributed by atoms with Gasteiger partial charge in [0, 0.05) is 25.8 Å². The van der Waals surface area contributed by atoms with Crippen LogP contribution >= 0.6 is 15.9 Å². The van der Waals surface area contributed by atoms with Crippen LogP contribution in [-0.4, -0.2) is 34.3 Å². The Morgan fingerprint density at radius 1 is 1.13 bits per heavy atom. The molecular formula is C23H29BrN2O4. The average Bonchev–Trinajstić information content (AvgIpc) is 2.71. The predicted molar refractivity (Wildman–Crippen MR) is 120 cm³/mol. The molecule has 6 nitrogen and oxygen atoms in total. The number of piperidine rings is 1. The van der Waals surface area contributed by atoms with Crippen molar-refractivity contribution in [1.82, 2.24) is 9.47 Å². The maximum absolute atomic E-state index is 12.8. The van der Waals surface area contributed by atoms with Crippen LogP contribution in [-0.2, 0) is 17.9 Å². The molecule has 1 aromatic heterocycles. The fourth-order valence-corrected chi connectivity index (χ4v) is 3.90. The first kappa shape index (κ1) is 22.4. The number of hydrogen-bond donors (Lipinski definition) is 0. The van der Waals surface area contributed by atoms with E-state index in [9.17, 15) is 9.59 Å². The number of nitrogens with zero attached hydrogens (tertiary/aromatic N) is 2. The summed E-state index contributed by atoms with van der Waals surface area (Å²) in [5.41, 5.74) is 0.457. The summed E-state index contributed by atoms with van der Waals surface area (Å²) in [5.74, 6) is 0.879. The Hall–Kier alpha value is -2.28. The third-order valence-electron chi connectivity index (χ3n) is 5.03. The van der Waals surface area contributed by atoms with Crippen LogP contribution in [0.1, 0.15) is 39.2 Å². The number of hydrogen-bond acceptors (Lipinski definition) is 4. The van der Waals surface area contributed by atoms with E-state index in [0.29, 0.717) is 42.4 Å². The van der Waals surface area contributed by atoms with E-state index in [2.05, 4.69) is 15.9 Å². The quantitative estimate of drug-likeness (QED) is 0.619. The fourth-order valence-electron chi connectivity index (χ4n) is 3.42. The van der Waals surface area contributed by atoms with E-state index in [1.54, 1.807) is 15.7 Å². The van der Waals surface area contributed by atoms with Crippen LogP contribution in [0, 0.1) is 5.92 Å². The van der Waals surface area contributed by atoms with E-state index in [1.165, 1.54) is 0 Å². The van der Waals surface area contributed by atoms with Gasteiger partial charge in [0.05, 0.1) is 0 Å². The van der Waals surface area contributed by atoms with Crippen LogP contribution in [0.25, 0.3) is 0 Å². The van der Waals surface area contributed by atoms with Crippen molar-refractivity contribution >= 4 is 22.0 Å². The first-order valence-corrected chi connectivity index (χ1v) is 11.1. The molecule has 2 heterocycles. The van der Waals surface area contributed by atoms with Crippen LogP contribution < -0.4 is 10.3 Å². The highest BCUT2D eigenvalue weighted by Crippen LogP contribution is 2.24. The monoisotopic (exact) mass is 476 g/mol. The topological polar surface area (TPSA) is 60.8 Å². The third-order valence-corrected chi connectivity index (χ3v) is 5.76. The molecule has 7 heteroatoms. The maximum Gasteiger partial charge on any atom is 0.410 e. The average molecular weight is 477 g/mol. The van der Waals surface area contributed by atoms with Crippen molar-refractivity contribution in [3.05, 3.63) is 63.0 Å². The summed E-state index contributed by atoms with van der Waals surface area (Å²) in [4.78, 5) is 26.7. The number of likely N-dealkylation sites (tertiary alicyclic amines) is 1. The van der Waals surface area contributed by atoms with Crippen molar-refractivity contribution in [3.8, 4) is 5.75 Å². The molecule has 1 amide bonds. The maximum atomic E-state index is 12.8. The van der Waals surface area contributed by atoms with E-state index >= 15 is 0 Å². The number of carbonyl (C=O) groups excluding carboxylic acids is 1. The Kier molecular flexibility index (Phi) is 7.23. The summed E-state index contributed by atoms with van der Waals surface area (Å²) >= 11 is 3.40. The highest BCUT2D eigenvalue weighted by Gasteiger charge is 2.27. The van der Waals surface area contributed by atoms with Gasteiger partial charge in [-0.2, -0.15) is 0 Å². The molecule has 0 N–H and O–H groups in total. The molecule has 0 saturated carbocycles. The van der Waals surface area contributed by atoms with Crippen LogP contribution in [0.2, 0.25) is 0 Å². The zero-order chi connectivity index (χ0) is 21.7. The van der Waals surface area contributed by atoms with Gasteiger partial charge in [0.1, 0.15) is 22.4 Å². The Morgan fingerprint density at radius 2 is 1.80 bits per heavy atom.